The Morgan fingerprint density at radius 2 is 2.05 bits per heavy atom. The molecular formula is C47H56N4O9S2. The molecule has 5 heterocycles. The average Bonchev–Trinajstić information content (AvgIpc) is 3.61. The number of hydrogen-bond acceptors (Lipinski definition) is 14. The summed E-state index contributed by atoms with van der Waals surface area (Å²) in [6.07, 6.45) is 12.3. The SMILES string of the molecule is C/C=C(\C)C(=O)O[C@]1(C)CC=C2CSS[C@H]3C[C@@H]4C(=O)C=C[C@H]5[C@@H]([C@H]4NC)[C@@H]3N5C(=O)CC3=C(C=C(N)NC3)[C@@H]2[C@]12Cc1cc3cc(C[C@H](CO)CCCO)c(=O)oc3cc1O2. The van der Waals surface area contributed by atoms with Crippen LogP contribution in [0, 0.1) is 23.7 Å². The zero-order chi connectivity index (χ0) is 43.7. The van der Waals surface area contributed by atoms with Gasteiger partial charge < -0.3 is 45.4 Å². The van der Waals surface area contributed by atoms with Gasteiger partial charge in [0.2, 0.25) is 5.91 Å². The van der Waals surface area contributed by atoms with Gasteiger partial charge in [0.05, 0.1) is 30.2 Å². The molecule has 2 bridgehead atoms. The van der Waals surface area contributed by atoms with Crippen molar-refractivity contribution in [2.75, 3.05) is 32.6 Å². The number of ketones is 1. The number of allylic oxidation sites excluding steroid dienone is 3. The van der Waals surface area contributed by atoms with Crippen molar-refractivity contribution in [3.63, 3.8) is 0 Å². The van der Waals surface area contributed by atoms with Crippen LogP contribution in [-0.2, 0) is 32.0 Å². The molecule has 1 saturated heterocycles. The largest absolute Gasteiger partial charge is 0.481 e. The molecule has 7 aliphatic rings. The van der Waals surface area contributed by atoms with E-state index in [2.05, 4.69) is 16.7 Å². The number of carbonyl (C=O) groups excluding carboxylic acids is 3. The standard InChI is InChI=1S/C47H56N4O9S2/c1-5-24(2)44(56)60-46(3)11-10-26-23-61-62-37-17-32-34(54)9-8-33-40(42(32)49-4)43(37)51(33)39(55)16-30-21-50-38(48)18-31(30)41(26)47(46)20-29-15-27-14-28(13-25(22-53)7-6-12-52)45(57)58-35(27)19-36(29)59-47/h5,8-10,14-15,18-19,25,32-33,37,40-43,49-50,52-53H,6-7,11-13,16-17,20-23,48H2,1-4H3/b24-5+/t25-,32-,33+,37+,40+,41-,42+,43-,46-,47-/m1/s1. The molecule has 1 saturated carbocycles. The number of hydrogen-bond donors (Lipinski definition) is 5. The normalized spacial score (nSPS) is 33.1. The molecule has 62 heavy (non-hydrogen) atoms. The molecule has 1 aromatic carbocycles. The third kappa shape index (κ3) is 7.06. The second kappa shape index (κ2) is 16.7. The lowest BCUT2D eigenvalue weighted by Crippen LogP contribution is -2.75. The smallest absolute Gasteiger partial charge is 0.339 e. The number of carbonyl (C=O) groups is 3. The number of amides is 1. The van der Waals surface area contributed by atoms with E-state index in [1.807, 2.05) is 43.2 Å². The monoisotopic (exact) mass is 884 g/mol. The zero-order valence-electron chi connectivity index (χ0n) is 35.6. The van der Waals surface area contributed by atoms with Crippen LogP contribution in [0.3, 0.4) is 0 Å². The maximum atomic E-state index is 14.9. The van der Waals surface area contributed by atoms with Crippen molar-refractivity contribution in [2.45, 2.75) is 100 Å². The molecule has 2 aromatic rings. The Hall–Kier alpha value is -4.28. The topological polar surface area (TPSA) is 194 Å². The van der Waals surface area contributed by atoms with Crippen molar-refractivity contribution in [3.8, 4) is 5.75 Å². The molecule has 1 amide bonds. The number of nitrogens with two attached hydrogens (primary N) is 1. The number of aliphatic hydroxyl groups excluding tert-OH is 2. The van der Waals surface area contributed by atoms with E-state index in [0.29, 0.717) is 84.5 Å². The molecule has 13 nitrogen and oxygen atoms in total. The summed E-state index contributed by atoms with van der Waals surface area (Å²) in [6, 6.07) is 5.32. The maximum Gasteiger partial charge on any atom is 0.339 e. The fourth-order valence-electron chi connectivity index (χ4n) is 11.4. The molecule has 9 rings (SSSR count). The van der Waals surface area contributed by atoms with E-state index >= 15 is 0 Å². The van der Waals surface area contributed by atoms with Gasteiger partial charge in [-0.05, 0) is 100 Å². The summed E-state index contributed by atoms with van der Waals surface area (Å²) in [5.41, 5.74) is 8.54. The first-order chi connectivity index (χ1) is 29.8. The van der Waals surface area contributed by atoms with Crippen LogP contribution in [0.4, 0.5) is 0 Å². The highest BCUT2D eigenvalue weighted by atomic mass is 33.1. The van der Waals surface area contributed by atoms with Crippen molar-refractivity contribution >= 4 is 50.2 Å². The van der Waals surface area contributed by atoms with Gasteiger partial charge in [-0.1, -0.05) is 45.4 Å². The highest BCUT2D eigenvalue weighted by Crippen LogP contribution is 2.59. The first-order valence-corrected chi connectivity index (χ1v) is 24.2. The quantitative estimate of drug-likeness (QED) is 0.0783. The number of nitrogens with zero attached hydrogens (tertiary/aromatic N) is 1. The van der Waals surface area contributed by atoms with E-state index < -0.39 is 28.7 Å². The fourth-order valence-corrected chi connectivity index (χ4v) is 14.5. The molecule has 15 heteroatoms. The van der Waals surface area contributed by atoms with Crippen LogP contribution in [-0.4, -0.2) is 99.9 Å². The summed E-state index contributed by atoms with van der Waals surface area (Å²) in [7, 11) is 5.40. The number of nitrogens with one attached hydrogen (secondary N) is 2. The Labute approximate surface area is 369 Å². The number of aliphatic hydroxyl groups is 2. The van der Waals surface area contributed by atoms with Crippen molar-refractivity contribution in [1.82, 2.24) is 15.5 Å². The van der Waals surface area contributed by atoms with E-state index in [-0.39, 0.29) is 72.5 Å². The van der Waals surface area contributed by atoms with Crippen LogP contribution in [0.1, 0.15) is 64.0 Å². The summed E-state index contributed by atoms with van der Waals surface area (Å²) in [6.45, 7) is 5.67. The van der Waals surface area contributed by atoms with Gasteiger partial charge in [0.15, 0.2) is 17.0 Å². The molecule has 330 valence electrons. The third-order valence-corrected chi connectivity index (χ3v) is 17.5. The number of rotatable bonds is 9. The molecule has 10 atom stereocenters. The number of fused-ring (bicyclic) bond motifs is 7. The Bertz CT molecular complexity index is 2420. The lowest BCUT2D eigenvalue weighted by atomic mass is 9.61. The van der Waals surface area contributed by atoms with Crippen LogP contribution >= 0.6 is 21.6 Å². The number of benzene rings is 1. The predicted molar refractivity (Wildman–Crippen MR) is 239 cm³/mol. The molecule has 6 N–H and O–H groups in total. The van der Waals surface area contributed by atoms with Crippen molar-refractivity contribution in [1.29, 1.82) is 0 Å². The Morgan fingerprint density at radius 1 is 1.23 bits per heavy atom. The number of esters is 1. The minimum absolute atomic E-state index is 0.000107. The average molecular weight is 885 g/mol. The van der Waals surface area contributed by atoms with Gasteiger partial charge >= 0.3 is 11.6 Å². The van der Waals surface area contributed by atoms with Crippen molar-refractivity contribution in [3.05, 3.63) is 98.2 Å². The maximum absolute atomic E-state index is 14.9. The second-order valence-corrected chi connectivity index (χ2v) is 20.8. The molecule has 0 radical (unpaired) electrons. The molecule has 0 unspecified atom stereocenters. The summed E-state index contributed by atoms with van der Waals surface area (Å²) in [5.74, 6) is 0.436. The molecule has 1 spiro atoms. The molecular weight excluding hydrogens is 829 g/mol. The van der Waals surface area contributed by atoms with Crippen LogP contribution in [0.5, 0.6) is 5.75 Å². The van der Waals surface area contributed by atoms with Gasteiger partial charge in [0, 0.05) is 84.1 Å². The van der Waals surface area contributed by atoms with E-state index in [4.69, 9.17) is 19.6 Å². The van der Waals surface area contributed by atoms with Crippen LogP contribution < -0.4 is 26.7 Å². The number of dihydropyridines is 1. The summed E-state index contributed by atoms with van der Waals surface area (Å²) in [4.78, 5) is 57.7. The van der Waals surface area contributed by atoms with Gasteiger partial charge in [0.25, 0.3) is 0 Å². The van der Waals surface area contributed by atoms with Crippen LogP contribution in [0.2, 0.25) is 0 Å². The zero-order valence-corrected chi connectivity index (χ0v) is 37.2. The highest BCUT2D eigenvalue weighted by Gasteiger charge is 2.65. The summed E-state index contributed by atoms with van der Waals surface area (Å²) < 4.78 is 19.9. The van der Waals surface area contributed by atoms with E-state index in [1.165, 1.54) is 0 Å². The lowest BCUT2D eigenvalue weighted by Gasteiger charge is -2.62. The van der Waals surface area contributed by atoms with E-state index in [1.54, 1.807) is 53.7 Å². The predicted octanol–water partition coefficient (Wildman–Crippen LogP) is 4.40. The van der Waals surface area contributed by atoms with Gasteiger partial charge in [-0.3, -0.25) is 9.59 Å². The van der Waals surface area contributed by atoms with E-state index in [0.717, 1.165) is 22.3 Å². The third-order valence-electron chi connectivity index (χ3n) is 14.7. The Kier molecular flexibility index (Phi) is 11.6. The molecule has 2 fully saturated rings. The molecule has 1 aromatic heterocycles. The first kappa shape index (κ1) is 43.0. The molecule has 4 aliphatic heterocycles. The summed E-state index contributed by atoms with van der Waals surface area (Å²) >= 11 is 0. The summed E-state index contributed by atoms with van der Waals surface area (Å²) in [5, 5.41) is 26.9. The number of ether oxygens (including phenoxy) is 2. The lowest BCUT2D eigenvalue weighted by molar-refractivity contribution is -0.186. The van der Waals surface area contributed by atoms with E-state index in [9.17, 15) is 29.4 Å². The van der Waals surface area contributed by atoms with Gasteiger partial charge in [-0.25, -0.2) is 9.59 Å². The Morgan fingerprint density at radius 3 is 2.81 bits per heavy atom. The minimum atomic E-state index is -1.23. The van der Waals surface area contributed by atoms with Gasteiger partial charge in [-0.2, -0.15) is 0 Å². The van der Waals surface area contributed by atoms with Crippen LogP contribution in [0.15, 0.2) is 85.9 Å². The fraction of sp³-hybridized carbons (Fsp3) is 0.532. The Balaban J connectivity index is 1.17. The van der Waals surface area contributed by atoms with Crippen molar-refractivity contribution in [2.24, 2.45) is 29.4 Å². The second-order valence-electron chi connectivity index (χ2n) is 18.2. The minimum Gasteiger partial charge on any atom is -0.481 e. The van der Waals surface area contributed by atoms with Crippen molar-refractivity contribution < 1.29 is 38.5 Å². The van der Waals surface area contributed by atoms with Gasteiger partial charge in [-0.15, -0.1) is 0 Å². The van der Waals surface area contributed by atoms with Gasteiger partial charge in [0.1, 0.15) is 11.3 Å². The highest BCUT2D eigenvalue weighted by molar-refractivity contribution is 8.77. The molecule has 3 aliphatic carbocycles. The van der Waals surface area contributed by atoms with Crippen LogP contribution in [0.25, 0.3) is 11.0 Å². The first-order valence-electron chi connectivity index (χ1n) is 21.8.